The third-order valence-corrected chi connectivity index (χ3v) is 2.47. The van der Waals surface area contributed by atoms with Crippen LogP contribution >= 0.6 is 0 Å². The van der Waals surface area contributed by atoms with E-state index >= 15 is 0 Å². The molecule has 0 aliphatic rings. The van der Waals surface area contributed by atoms with Gasteiger partial charge in [-0.15, -0.1) is 0 Å². The highest BCUT2D eigenvalue weighted by atomic mass is 16.3. The molecule has 0 amide bonds. The molecule has 0 atom stereocenters. The first kappa shape index (κ1) is 10.3. The van der Waals surface area contributed by atoms with Gasteiger partial charge >= 0.3 is 0 Å². The summed E-state index contributed by atoms with van der Waals surface area (Å²) >= 11 is 0. The van der Waals surface area contributed by atoms with Crippen molar-refractivity contribution in [3.05, 3.63) is 18.2 Å². The third-order valence-electron chi connectivity index (χ3n) is 2.47. The summed E-state index contributed by atoms with van der Waals surface area (Å²) in [7, 11) is 0. The van der Waals surface area contributed by atoms with Gasteiger partial charge < -0.3 is 9.67 Å². The summed E-state index contributed by atoms with van der Waals surface area (Å²) in [6.45, 7) is 5.46. The molecule has 0 bridgehead atoms. The molecule has 1 aromatic heterocycles. The molecule has 0 saturated carbocycles. The van der Waals surface area contributed by atoms with Gasteiger partial charge in [-0.05, 0) is 5.92 Å². The molecule has 3 heteroatoms. The highest BCUT2D eigenvalue weighted by molar-refractivity contribution is 4.94. The molecule has 0 unspecified atom stereocenters. The number of nitrogens with zero attached hydrogens (tertiary/aromatic N) is 2. The summed E-state index contributed by atoms with van der Waals surface area (Å²) < 4.78 is 2.06. The molecule has 0 radical (unpaired) electrons. The number of rotatable bonds is 5. The Hall–Kier alpha value is -0.830. The first-order chi connectivity index (χ1) is 6.30. The minimum absolute atomic E-state index is 0.0376. The van der Waals surface area contributed by atoms with E-state index in [-0.39, 0.29) is 6.61 Å². The van der Waals surface area contributed by atoms with E-state index in [0.717, 1.165) is 18.2 Å². The highest BCUT2D eigenvalue weighted by Crippen LogP contribution is 2.10. The smallest absolute Gasteiger partial charge is 0.0950 e. The fourth-order valence-corrected chi connectivity index (χ4v) is 1.43. The average molecular weight is 182 g/mol. The zero-order valence-corrected chi connectivity index (χ0v) is 8.40. The number of hydrogen-bond acceptors (Lipinski definition) is 2. The van der Waals surface area contributed by atoms with Crippen LogP contribution in [0.25, 0.3) is 0 Å². The van der Waals surface area contributed by atoms with Gasteiger partial charge in [-0.1, -0.05) is 26.7 Å². The van der Waals surface area contributed by atoms with Crippen molar-refractivity contribution in [2.24, 2.45) is 5.92 Å². The van der Waals surface area contributed by atoms with E-state index in [0.29, 0.717) is 0 Å². The zero-order valence-electron chi connectivity index (χ0n) is 8.40. The van der Waals surface area contributed by atoms with Crippen molar-refractivity contribution in [1.29, 1.82) is 0 Å². The lowest BCUT2D eigenvalue weighted by Gasteiger charge is -2.11. The molecule has 0 fully saturated rings. The number of aliphatic hydroxyl groups excluding tert-OH is 1. The van der Waals surface area contributed by atoms with E-state index in [1.165, 1.54) is 12.8 Å². The quantitative estimate of drug-likeness (QED) is 0.754. The fraction of sp³-hybridized carbons (Fsp3) is 0.700. The Bertz CT molecular complexity index is 241. The van der Waals surface area contributed by atoms with Crippen LogP contribution in [0.15, 0.2) is 12.5 Å². The van der Waals surface area contributed by atoms with Gasteiger partial charge in [0, 0.05) is 12.7 Å². The summed E-state index contributed by atoms with van der Waals surface area (Å²) in [5.74, 6) is 0.723. The van der Waals surface area contributed by atoms with Crippen molar-refractivity contribution in [3.63, 3.8) is 0 Å². The van der Waals surface area contributed by atoms with Gasteiger partial charge in [0.25, 0.3) is 0 Å². The lowest BCUT2D eigenvalue weighted by Crippen LogP contribution is -2.07. The minimum Gasteiger partial charge on any atom is -0.390 e. The summed E-state index contributed by atoms with van der Waals surface area (Å²) in [5.41, 5.74) is 0.756. The van der Waals surface area contributed by atoms with Crippen LogP contribution in [0.1, 0.15) is 32.4 Å². The maximum atomic E-state index is 8.82. The molecule has 13 heavy (non-hydrogen) atoms. The van der Waals surface area contributed by atoms with Crippen LogP contribution in [0.4, 0.5) is 0 Å². The Labute approximate surface area is 79.4 Å². The van der Waals surface area contributed by atoms with Crippen LogP contribution in [0.3, 0.4) is 0 Å². The summed E-state index contributed by atoms with van der Waals surface area (Å²) in [6.07, 6.45) is 6.11. The van der Waals surface area contributed by atoms with Gasteiger partial charge in [0.2, 0.25) is 0 Å². The van der Waals surface area contributed by atoms with Crippen molar-refractivity contribution in [3.8, 4) is 0 Å². The monoisotopic (exact) mass is 182 g/mol. The Kier molecular flexibility index (Phi) is 3.96. The standard InChI is InChI=1S/C10H18N2O/c1-3-9(4-2)5-12-6-10(7-13)11-8-12/h6,8-9,13H,3-5,7H2,1-2H3. The SMILES string of the molecule is CCC(CC)Cn1cnc(CO)c1. The molecular weight excluding hydrogens is 164 g/mol. The second-order valence-corrected chi connectivity index (χ2v) is 3.40. The second kappa shape index (κ2) is 5.02. The van der Waals surface area contributed by atoms with Crippen molar-refractivity contribution in [2.75, 3.05) is 0 Å². The molecule has 0 aliphatic heterocycles. The molecule has 3 nitrogen and oxygen atoms in total. The van der Waals surface area contributed by atoms with Gasteiger partial charge in [0.1, 0.15) is 0 Å². The third kappa shape index (κ3) is 2.84. The van der Waals surface area contributed by atoms with E-state index in [1.807, 2.05) is 6.20 Å². The van der Waals surface area contributed by atoms with Gasteiger partial charge in [-0.2, -0.15) is 0 Å². The van der Waals surface area contributed by atoms with Gasteiger partial charge in [0.05, 0.1) is 18.6 Å². The van der Waals surface area contributed by atoms with Crippen molar-refractivity contribution in [1.82, 2.24) is 9.55 Å². The molecule has 1 N–H and O–H groups in total. The van der Waals surface area contributed by atoms with Gasteiger partial charge in [-0.25, -0.2) is 4.98 Å². The largest absolute Gasteiger partial charge is 0.390 e. The minimum atomic E-state index is 0.0376. The lowest BCUT2D eigenvalue weighted by atomic mass is 10.0. The Balaban J connectivity index is 2.52. The Morgan fingerprint density at radius 1 is 1.46 bits per heavy atom. The van der Waals surface area contributed by atoms with Gasteiger partial charge in [-0.3, -0.25) is 0 Å². The molecule has 74 valence electrons. The van der Waals surface area contributed by atoms with Crippen molar-refractivity contribution in [2.45, 2.75) is 39.8 Å². The van der Waals surface area contributed by atoms with Crippen molar-refractivity contribution < 1.29 is 5.11 Å². The molecule has 0 spiro atoms. The average Bonchev–Trinajstić information content (AvgIpc) is 2.61. The van der Waals surface area contributed by atoms with E-state index in [2.05, 4.69) is 23.4 Å². The van der Waals surface area contributed by atoms with Crippen LogP contribution in [0.2, 0.25) is 0 Å². The summed E-state index contributed by atoms with van der Waals surface area (Å²) in [5, 5.41) is 8.82. The predicted molar refractivity (Wildman–Crippen MR) is 52.2 cm³/mol. The van der Waals surface area contributed by atoms with Crippen LogP contribution in [0.5, 0.6) is 0 Å². The normalized spacial score (nSPS) is 11.1. The molecule has 1 aromatic rings. The Morgan fingerprint density at radius 3 is 2.62 bits per heavy atom. The van der Waals surface area contributed by atoms with Crippen molar-refractivity contribution >= 4 is 0 Å². The summed E-state index contributed by atoms with van der Waals surface area (Å²) in [6, 6.07) is 0. The molecular formula is C10H18N2O. The first-order valence-electron chi connectivity index (χ1n) is 4.91. The van der Waals surface area contributed by atoms with Crippen LogP contribution in [-0.4, -0.2) is 14.7 Å². The molecule has 0 aromatic carbocycles. The van der Waals surface area contributed by atoms with E-state index in [1.54, 1.807) is 6.33 Å². The zero-order chi connectivity index (χ0) is 9.68. The Morgan fingerprint density at radius 2 is 2.15 bits per heavy atom. The maximum Gasteiger partial charge on any atom is 0.0950 e. The van der Waals surface area contributed by atoms with Gasteiger partial charge in [0.15, 0.2) is 0 Å². The number of imidazole rings is 1. The summed E-state index contributed by atoms with van der Waals surface area (Å²) in [4.78, 5) is 4.07. The highest BCUT2D eigenvalue weighted by Gasteiger charge is 2.04. The van der Waals surface area contributed by atoms with Crippen LogP contribution in [-0.2, 0) is 13.2 Å². The first-order valence-corrected chi connectivity index (χ1v) is 4.91. The molecule has 0 aliphatic carbocycles. The number of aliphatic hydroxyl groups is 1. The van der Waals surface area contributed by atoms with E-state index in [9.17, 15) is 0 Å². The van der Waals surface area contributed by atoms with Crippen LogP contribution in [0, 0.1) is 5.92 Å². The van der Waals surface area contributed by atoms with E-state index < -0.39 is 0 Å². The molecule has 1 heterocycles. The predicted octanol–water partition coefficient (Wildman–Crippen LogP) is 1.81. The lowest BCUT2D eigenvalue weighted by molar-refractivity contribution is 0.277. The molecule has 0 saturated heterocycles. The topological polar surface area (TPSA) is 38.0 Å². The fourth-order valence-electron chi connectivity index (χ4n) is 1.43. The maximum absolute atomic E-state index is 8.82. The van der Waals surface area contributed by atoms with E-state index in [4.69, 9.17) is 5.11 Å². The second-order valence-electron chi connectivity index (χ2n) is 3.40. The number of aromatic nitrogens is 2. The number of hydrogen-bond donors (Lipinski definition) is 1. The molecule has 1 rings (SSSR count). The van der Waals surface area contributed by atoms with Crippen LogP contribution < -0.4 is 0 Å².